The number of carbonyl (C=O) groups is 2. The van der Waals surface area contributed by atoms with Crippen LogP contribution in [0.5, 0.6) is 0 Å². The fourth-order valence-corrected chi connectivity index (χ4v) is 0.890. The minimum atomic E-state index is -0.243. The smallest absolute Gasteiger partial charge is 0.234 e. The molecule has 84 valence electrons. The van der Waals surface area contributed by atoms with Gasteiger partial charge >= 0.3 is 0 Å². The molecule has 0 aliphatic rings. The number of amides is 2. The molecular formula is C9H16N4O2. The molecule has 0 saturated heterocycles. The molecule has 6 heteroatoms. The molecule has 0 aromatic heterocycles. The van der Waals surface area contributed by atoms with Crippen LogP contribution in [0.4, 0.5) is 0 Å². The lowest BCUT2D eigenvalue weighted by molar-refractivity contribution is -0.122. The predicted molar refractivity (Wildman–Crippen MR) is 54.8 cm³/mol. The molecule has 0 atom stereocenters. The molecule has 0 aliphatic heterocycles. The van der Waals surface area contributed by atoms with Gasteiger partial charge in [-0.15, -0.1) is 0 Å². The largest absolute Gasteiger partial charge is 0.356 e. The Morgan fingerprint density at radius 3 is 2.60 bits per heavy atom. The highest BCUT2D eigenvalue weighted by molar-refractivity contribution is 5.78. The van der Waals surface area contributed by atoms with Crippen LogP contribution < -0.4 is 16.0 Å². The normalized spacial score (nSPS) is 9.07. The molecule has 3 N–H and O–H groups in total. The van der Waals surface area contributed by atoms with E-state index in [0.29, 0.717) is 19.5 Å². The van der Waals surface area contributed by atoms with Crippen molar-refractivity contribution < 1.29 is 9.59 Å². The third kappa shape index (κ3) is 8.71. The molecule has 0 aromatic rings. The van der Waals surface area contributed by atoms with Gasteiger partial charge in [0.1, 0.15) is 6.54 Å². The molecule has 0 bridgehead atoms. The maximum absolute atomic E-state index is 11.0. The maximum Gasteiger partial charge on any atom is 0.234 e. The van der Waals surface area contributed by atoms with Gasteiger partial charge in [-0.25, -0.2) is 0 Å². The predicted octanol–water partition coefficient (Wildman–Crippen LogP) is -1.26. The number of rotatable bonds is 7. The minimum absolute atomic E-state index is 0.0107. The van der Waals surface area contributed by atoms with Gasteiger partial charge in [0.2, 0.25) is 11.8 Å². The SMILES string of the molecule is CCNC(=O)CCNCC(=O)NCC#N. The van der Waals surface area contributed by atoms with Gasteiger partial charge in [-0.2, -0.15) is 5.26 Å². The number of hydrogen-bond donors (Lipinski definition) is 3. The van der Waals surface area contributed by atoms with E-state index in [4.69, 9.17) is 5.26 Å². The Labute approximate surface area is 89.0 Å². The summed E-state index contributed by atoms with van der Waals surface area (Å²) in [6, 6.07) is 1.80. The second-order valence-corrected chi connectivity index (χ2v) is 2.82. The van der Waals surface area contributed by atoms with E-state index in [1.54, 1.807) is 6.07 Å². The molecule has 0 spiro atoms. The summed E-state index contributed by atoms with van der Waals surface area (Å²) in [5.41, 5.74) is 0. The molecule has 0 unspecified atom stereocenters. The van der Waals surface area contributed by atoms with Crippen molar-refractivity contribution in [1.82, 2.24) is 16.0 Å². The van der Waals surface area contributed by atoms with Crippen molar-refractivity contribution in [2.45, 2.75) is 13.3 Å². The second kappa shape index (κ2) is 8.97. The van der Waals surface area contributed by atoms with Crippen molar-refractivity contribution in [2.75, 3.05) is 26.2 Å². The average molecular weight is 212 g/mol. The quantitative estimate of drug-likeness (QED) is 0.363. The zero-order valence-electron chi connectivity index (χ0n) is 8.80. The summed E-state index contributed by atoms with van der Waals surface area (Å²) in [5.74, 6) is -0.283. The van der Waals surface area contributed by atoms with Crippen molar-refractivity contribution in [3.8, 4) is 6.07 Å². The maximum atomic E-state index is 11.0. The number of nitrogens with zero attached hydrogens (tertiary/aromatic N) is 1. The van der Waals surface area contributed by atoms with Crippen LogP contribution in [0.3, 0.4) is 0 Å². The lowest BCUT2D eigenvalue weighted by Crippen LogP contribution is -2.35. The van der Waals surface area contributed by atoms with Crippen LogP contribution in [0.15, 0.2) is 0 Å². The fourth-order valence-electron chi connectivity index (χ4n) is 0.890. The zero-order chi connectivity index (χ0) is 11.5. The molecule has 0 radical (unpaired) electrons. The van der Waals surface area contributed by atoms with Gasteiger partial charge in [0, 0.05) is 19.5 Å². The molecule has 0 heterocycles. The van der Waals surface area contributed by atoms with Crippen molar-refractivity contribution in [3.05, 3.63) is 0 Å². The Hall–Kier alpha value is -1.61. The topological polar surface area (TPSA) is 94.0 Å². The van der Waals surface area contributed by atoms with Gasteiger partial charge in [0.25, 0.3) is 0 Å². The first kappa shape index (κ1) is 13.4. The summed E-state index contributed by atoms with van der Waals surface area (Å²) in [7, 11) is 0. The Balaban J connectivity index is 3.34. The van der Waals surface area contributed by atoms with E-state index in [1.807, 2.05) is 6.92 Å². The van der Waals surface area contributed by atoms with Gasteiger partial charge in [0.05, 0.1) is 12.6 Å². The minimum Gasteiger partial charge on any atom is -0.356 e. The van der Waals surface area contributed by atoms with Crippen LogP contribution in [0.1, 0.15) is 13.3 Å². The van der Waals surface area contributed by atoms with E-state index in [0.717, 1.165) is 0 Å². The van der Waals surface area contributed by atoms with Crippen LogP contribution in [0.2, 0.25) is 0 Å². The molecule has 0 fully saturated rings. The van der Waals surface area contributed by atoms with E-state index in [1.165, 1.54) is 0 Å². The first-order valence-electron chi connectivity index (χ1n) is 4.81. The zero-order valence-corrected chi connectivity index (χ0v) is 8.80. The van der Waals surface area contributed by atoms with Gasteiger partial charge in [-0.05, 0) is 6.92 Å². The molecular weight excluding hydrogens is 196 g/mol. The Kier molecular flexibility index (Phi) is 8.00. The van der Waals surface area contributed by atoms with Crippen LogP contribution >= 0.6 is 0 Å². The van der Waals surface area contributed by atoms with E-state index >= 15 is 0 Å². The fraction of sp³-hybridized carbons (Fsp3) is 0.667. The molecule has 6 nitrogen and oxygen atoms in total. The standard InChI is InChI=1S/C9H16N4O2/c1-2-12-8(14)3-5-11-7-9(15)13-6-4-10/h11H,2-3,5-7H2,1H3,(H,12,14)(H,13,15). The molecule has 0 rings (SSSR count). The van der Waals surface area contributed by atoms with Crippen molar-refractivity contribution in [1.29, 1.82) is 5.26 Å². The first-order valence-corrected chi connectivity index (χ1v) is 4.81. The Bertz CT molecular complexity index is 247. The van der Waals surface area contributed by atoms with E-state index in [2.05, 4.69) is 16.0 Å². The number of carbonyl (C=O) groups excluding carboxylic acids is 2. The van der Waals surface area contributed by atoms with Gasteiger partial charge in [0.15, 0.2) is 0 Å². The third-order valence-corrected chi connectivity index (χ3v) is 1.55. The third-order valence-electron chi connectivity index (χ3n) is 1.55. The molecule has 15 heavy (non-hydrogen) atoms. The van der Waals surface area contributed by atoms with Crippen molar-refractivity contribution in [2.24, 2.45) is 0 Å². The number of nitrogens with one attached hydrogen (secondary N) is 3. The molecule has 0 aliphatic carbocycles. The summed E-state index contributed by atoms with van der Waals surface area (Å²) in [4.78, 5) is 21.9. The Morgan fingerprint density at radius 2 is 2.00 bits per heavy atom. The summed E-state index contributed by atoms with van der Waals surface area (Å²) >= 11 is 0. The summed E-state index contributed by atoms with van der Waals surface area (Å²) < 4.78 is 0. The van der Waals surface area contributed by atoms with Gasteiger partial charge in [-0.1, -0.05) is 0 Å². The molecule has 0 aromatic carbocycles. The second-order valence-electron chi connectivity index (χ2n) is 2.82. The van der Waals surface area contributed by atoms with Gasteiger partial charge in [-0.3, -0.25) is 9.59 Å². The van der Waals surface area contributed by atoms with Crippen LogP contribution in [0.25, 0.3) is 0 Å². The van der Waals surface area contributed by atoms with E-state index in [9.17, 15) is 9.59 Å². The summed E-state index contributed by atoms with van der Waals surface area (Å²) in [6.07, 6.45) is 0.347. The highest BCUT2D eigenvalue weighted by Crippen LogP contribution is 1.76. The number of nitriles is 1. The molecule has 0 saturated carbocycles. The van der Waals surface area contributed by atoms with Crippen LogP contribution in [-0.2, 0) is 9.59 Å². The van der Waals surface area contributed by atoms with E-state index in [-0.39, 0.29) is 24.9 Å². The lowest BCUT2D eigenvalue weighted by atomic mass is 10.4. The monoisotopic (exact) mass is 212 g/mol. The average Bonchev–Trinajstić information content (AvgIpc) is 2.22. The highest BCUT2D eigenvalue weighted by Gasteiger charge is 2.01. The number of hydrogen-bond acceptors (Lipinski definition) is 4. The van der Waals surface area contributed by atoms with Crippen molar-refractivity contribution in [3.63, 3.8) is 0 Å². The molecule has 2 amide bonds. The van der Waals surface area contributed by atoms with Crippen LogP contribution in [-0.4, -0.2) is 38.0 Å². The van der Waals surface area contributed by atoms with Crippen molar-refractivity contribution >= 4 is 11.8 Å². The van der Waals surface area contributed by atoms with E-state index < -0.39 is 0 Å². The summed E-state index contributed by atoms with van der Waals surface area (Å²) in [5, 5.41) is 16.0. The highest BCUT2D eigenvalue weighted by atomic mass is 16.2. The Morgan fingerprint density at radius 1 is 1.27 bits per heavy atom. The van der Waals surface area contributed by atoms with Crippen LogP contribution in [0, 0.1) is 11.3 Å². The summed E-state index contributed by atoms with van der Waals surface area (Å²) in [6.45, 7) is 3.05. The first-order chi connectivity index (χ1) is 7.20. The lowest BCUT2D eigenvalue weighted by Gasteiger charge is -2.04. The van der Waals surface area contributed by atoms with Gasteiger partial charge < -0.3 is 16.0 Å².